The van der Waals surface area contributed by atoms with Crippen LogP contribution in [0.3, 0.4) is 0 Å². The number of aromatic nitrogens is 1. The van der Waals surface area contributed by atoms with Crippen LogP contribution in [0.1, 0.15) is 24.1 Å². The van der Waals surface area contributed by atoms with E-state index in [0.29, 0.717) is 25.7 Å². The van der Waals surface area contributed by atoms with E-state index in [1.807, 2.05) is 0 Å². The third-order valence-electron chi connectivity index (χ3n) is 6.31. The minimum atomic E-state index is 0.242. The second-order valence-corrected chi connectivity index (χ2v) is 8.20. The van der Waals surface area contributed by atoms with Crippen molar-refractivity contribution in [1.29, 1.82) is 0 Å². The maximum atomic E-state index is 13.2. The molecule has 1 fully saturated rings. The number of nitrogens with one attached hydrogen (secondary N) is 1. The fraction of sp³-hybridized carbons (Fsp3) is 0.591. The van der Waals surface area contributed by atoms with Gasteiger partial charge in [0.05, 0.1) is 13.2 Å². The number of amides is 1. The van der Waals surface area contributed by atoms with Crippen molar-refractivity contribution in [2.75, 3.05) is 53.5 Å². The average Bonchev–Trinajstić information content (AvgIpc) is 3.07. The minimum absolute atomic E-state index is 0.242. The molecule has 2 aromatic rings. The summed E-state index contributed by atoms with van der Waals surface area (Å²) in [6.07, 6.45) is 3.11. The van der Waals surface area contributed by atoms with E-state index in [1.165, 1.54) is 22.2 Å². The number of likely N-dealkylation sites (tertiary alicyclic amines) is 1. The summed E-state index contributed by atoms with van der Waals surface area (Å²) in [4.78, 5) is 23.5. The van der Waals surface area contributed by atoms with Crippen molar-refractivity contribution in [2.45, 2.75) is 31.8 Å². The summed E-state index contributed by atoms with van der Waals surface area (Å²) in [5.41, 5.74) is 3.89. The molecular weight excluding hydrogens is 352 g/mol. The molecule has 0 atom stereocenters. The Labute approximate surface area is 167 Å². The number of ether oxygens (including phenoxy) is 1. The lowest BCUT2D eigenvalue weighted by molar-refractivity contribution is -0.136. The molecule has 6 nitrogen and oxygen atoms in total. The zero-order valence-electron chi connectivity index (χ0n) is 17.1. The Morgan fingerprint density at radius 3 is 2.82 bits per heavy atom. The van der Waals surface area contributed by atoms with Crippen LogP contribution < -0.4 is 0 Å². The topological polar surface area (TPSA) is 51.8 Å². The average molecular weight is 385 g/mol. The van der Waals surface area contributed by atoms with Crippen LogP contribution in [0.15, 0.2) is 24.3 Å². The molecule has 0 bridgehead atoms. The van der Waals surface area contributed by atoms with Crippen molar-refractivity contribution in [2.24, 2.45) is 0 Å². The lowest BCUT2D eigenvalue weighted by atomic mass is 10.0. The van der Waals surface area contributed by atoms with Crippen LogP contribution in [0.25, 0.3) is 10.9 Å². The first-order chi connectivity index (χ1) is 13.7. The molecule has 1 aromatic heterocycles. The van der Waals surface area contributed by atoms with Crippen LogP contribution in [0.5, 0.6) is 0 Å². The molecule has 1 aromatic carbocycles. The van der Waals surface area contributed by atoms with Crippen molar-refractivity contribution in [3.8, 4) is 0 Å². The summed E-state index contributed by atoms with van der Waals surface area (Å²) in [7, 11) is 3.86. The number of para-hydroxylation sites is 1. The number of methoxy groups -OCH3 is 1. The minimum Gasteiger partial charge on any atom is -0.383 e. The number of rotatable bonds is 6. The molecule has 152 valence electrons. The predicted molar refractivity (Wildman–Crippen MR) is 111 cm³/mol. The van der Waals surface area contributed by atoms with Crippen LogP contribution in [0.2, 0.25) is 0 Å². The first kappa shape index (κ1) is 19.4. The van der Waals surface area contributed by atoms with Gasteiger partial charge >= 0.3 is 0 Å². The van der Waals surface area contributed by atoms with E-state index in [4.69, 9.17) is 4.74 Å². The molecule has 1 N–H and O–H groups in total. The van der Waals surface area contributed by atoms with Gasteiger partial charge < -0.3 is 19.5 Å². The normalized spacial score (nSPS) is 19.1. The molecule has 0 saturated carbocycles. The van der Waals surface area contributed by atoms with Gasteiger partial charge in [-0.3, -0.25) is 9.69 Å². The van der Waals surface area contributed by atoms with Crippen molar-refractivity contribution in [1.82, 2.24) is 19.7 Å². The highest BCUT2D eigenvalue weighted by Gasteiger charge is 2.29. The molecule has 0 radical (unpaired) electrons. The SMILES string of the molecule is COCCN(C(=O)CN1CCc2c([nH]c3ccccc23)C1)C1CCN(C)CC1. The van der Waals surface area contributed by atoms with Gasteiger partial charge in [-0.2, -0.15) is 0 Å². The Balaban J connectivity index is 1.42. The number of hydrogen-bond donors (Lipinski definition) is 1. The first-order valence-corrected chi connectivity index (χ1v) is 10.4. The third-order valence-corrected chi connectivity index (χ3v) is 6.31. The highest BCUT2D eigenvalue weighted by atomic mass is 16.5. The first-order valence-electron chi connectivity index (χ1n) is 10.4. The number of benzene rings is 1. The summed E-state index contributed by atoms with van der Waals surface area (Å²) in [6, 6.07) is 8.84. The molecule has 0 spiro atoms. The van der Waals surface area contributed by atoms with E-state index >= 15 is 0 Å². The smallest absolute Gasteiger partial charge is 0.237 e. The second kappa shape index (κ2) is 8.64. The Morgan fingerprint density at radius 1 is 1.25 bits per heavy atom. The molecule has 3 heterocycles. The number of hydrogen-bond acceptors (Lipinski definition) is 4. The highest BCUT2D eigenvalue weighted by molar-refractivity contribution is 5.85. The monoisotopic (exact) mass is 384 g/mol. The van der Waals surface area contributed by atoms with E-state index in [2.05, 4.69) is 51.0 Å². The Hall–Kier alpha value is -1.89. The number of aromatic amines is 1. The number of carbonyl (C=O) groups excluding carboxylic acids is 1. The molecule has 6 heteroatoms. The van der Waals surface area contributed by atoms with Gasteiger partial charge in [-0.05, 0) is 51.0 Å². The van der Waals surface area contributed by atoms with Gasteiger partial charge in [0.25, 0.3) is 0 Å². The van der Waals surface area contributed by atoms with Crippen molar-refractivity contribution < 1.29 is 9.53 Å². The Kier molecular flexibility index (Phi) is 5.99. The maximum Gasteiger partial charge on any atom is 0.237 e. The summed E-state index contributed by atoms with van der Waals surface area (Å²) in [5.74, 6) is 0.242. The number of carbonyl (C=O) groups is 1. The number of H-pyrrole nitrogens is 1. The molecule has 4 rings (SSSR count). The zero-order valence-corrected chi connectivity index (χ0v) is 17.1. The standard InChI is InChI=1S/C22H32N4O2/c1-24-10-7-17(8-11-24)26(13-14-28-2)22(27)16-25-12-9-19-18-5-3-4-6-20(18)23-21(19)15-25/h3-6,17,23H,7-16H2,1-2H3. The third kappa shape index (κ3) is 4.09. The van der Waals surface area contributed by atoms with Gasteiger partial charge in [0.1, 0.15) is 0 Å². The van der Waals surface area contributed by atoms with Crippen LogP contribution in [-0.4, -0.2) is 85.1 Å². The molecule has 0 unspecified atom stereocenters. The van der Waals surface area contributed by atoms with Crippen molar-refractivity contribution in [3.05, 3.63) is 35.5 Å². The lowest BCUT2D eigenvalue weighted by Crippen LogP contribution is -2.51. The molecule has 1 amide bonds. The fourth-order valence-corrected chi connectivity index (χ4v) is 4.67. The van der Waals surface area contributed by atoms with Crippen LogP contribution in [0, 0.1) is 0 Å². The van der Waals surface area contributed by atoms with Gasteiger partial charge in [0.15, 0.2) is 0 Å². The van der Waals surface area contributed by atoms with Crippen LogP contribution in [0.4, 0.5) is 0 Å². The summed E-state index contributed by atoms with van der Waals surface area (Å²) >= 11 is 0. The Morgan fingerprint density at radius 2 is 2.04 bits per heavy atom. The summed E-state index contributed by atoms with van der Waals surface area (Å²) in [5, 5.41) is 1.33. The highest BCUT2D eigenvalue weighted by Crippen LogP contribution is 2.27. The van der Waals surface area contributed by atoms with Gasteiger partial charge in [0, 0.05) is 49.4 Å². The number of nitrogens with zero attached hydrogens (tertiary/aromatic N) is 3. The van der Waals surface area contributed by atoms with Gasteiger partial charge in [0.2, 0.25) is 5.91 Å². The fourth-order valence-electron chi connectivity index (χ4n) is 4.67. The van der Waals surface area contributed by atoms with E-state index in [1.54, 1.807) is 7.11 Å². The van der Waals surface area contributed by atoms with E-state index in [-0.39, 0.29) is 5.91 Å². The molecule has 28 heavy (non-hydrogen) atoms. The van der Waals surface area contributed by atoms with Crippen molar-refractivity contribution >= 4 is 16.8 Å². The van der Waals surface area contributed by atoms with E-state index < -0.39 is 0 Å². The number of fused-ring (bicyclic) bond motifs is 3. The second-order valence-electron chi connectivity index (χ2n) is 8.20. The van der Waals surface area contributed by atoms with Gasteiger partial charge in [-0.1, -0.05) is 18.2 Å². The van der Waals surface area contributed by atoms with Crippen LogP contribution >= 0.6 is 0 Å². The van der Waals surface area contributed by atoms with Crippen molar-refractivity contribution in [3.63, 3.8) is 0 Å². The molecular formula is C22H32N4O2. The largest absolute Gasteiger partial charge is 0.383 e. The quantitative estimate of drug-likeness (QED) is 0.829. The van der Waals surface area contributed by atoms with E-state index in [9.17, 15) is 4.79 Å². The zero-order chi connectivity index (χ0) is 19.5. The van der Waals surface area contributed by atoms with Gasteiger partial charge in [-0.25, -0.2) is 0 Å². The molecule has 2 aliphatic rings. The maximum absolute atomic E-state index is 13.2. The predicted octanol–water partition coefficient (Wildman–Crippen LogP) is 2.10. The molecule has 1 saturated heterocycles. The van der Waals surface area contributed by atoms with Gasteiger partial charge in [-0.15, -0.1) is 0 Å². The van der Waals surface area contributed by atoms with Crippen LogP contribution in [-0.2, 0) is 22.5 Å². The Bertz CT molecular complexity index is 810. The van der Waals surface area contributed by atoms with E-state index in [0.717, 1.165) is 45.4 Å². The number of piperidine rings is 1. The summed E-state index contributed by atoms with van der Waals surface area (Å²) < 4.78 is 5.28. The summed E-state index contributed by atoms with van der Waals surface area (Å²) in [6.45, 7) is 5.66. The lowest BCUT2D eigenvalue weighted by Gasteiger charge is -2.38. The molecule has 0 aliphatic carbocycles. The molecule has 2 aliphatic heterocycles.